The van der Waals surface area contributed by atoms with E-state index in [4.69, 9.17) is 4.74 Å². The minimum Gasteiger partial charge on any atom is -0.380 e. The summed E-state index contributed by atoms with van der Waals surface area (Å²) >= 11 is 0. The predicted octanol–water partition coefficient (Wildman–Crippen LogP) is 1.60. The van der Waals surface area contributed by atoms with E-state index in [0.29, 0.717) is 19.6 Å². The lowest BCUT2D eigenvalue weighted by atomic mass is 10.1. The number of hydrogen-bond donors (Lipinski definition) is 1. The average molecular weight is 197 g/mol. The molecule has 0 aromatic heterocycles. The molecule has 0 spiro atoms. The van der Waals surface area contributed by atoms with Crippen molar-refractivity contribution in [1.29, 1.82) is 0 Å². The second kappa shape index (κ2) is 6.51. The summed E-state index contributed by atoms with van der Waals surface area (Å²) in [5, 5.41) is 2.98. The zero-order valence-electron chi connectivity index (χ0n) is 8.42. The van der Waals surface area contributed by atoms with Gasteiger partial charge >= 0.3 is 0 Å². The maximum Gasteiger partial charge on any atom is 0.126 e. The van der Waals surface area contributed by atoms with E-state index in [1.165, 1.54) is 6.07 Å². The number of likely N-dealkylation sites (N-methyl/N-ethyl adjacent to an activating group) is 1. The van der Waals surface area contributed by atoms with Gasteiger partial charge in [-0.3, -0.25) is 0 Å². The lowest BCUT2D eigenvalue weighted by Gasteiger charge is -2.04. The molecule has 0 radical (unpaired) electrons. The molecule has 0 aliphatic heterocycles. The molecule has 2 nitrogen and oxygen atoms in total. The van der Waals surface area contributed by atoms with E-state index < -0.39 is 0 Å². The van der Waals surface area contributed by atoms with Crippen molar-refractivity contribution in [2.75, 3.05) is 26.8 Å². The van der Waals surface area contributed by atoms with Crippen LogP contribution >= 0.6 is 0 Å². The van der Waals surface area contributed by atoms with E-state index >= 15 is 0 Å². The summed E-state index contributed by atoms with van der Waals surface area (Å²) in [4.78, 5) is 0. The van der Waals surface area contributed by atoms with Gasteiger partial charge in [0.25, 0.3) is 0 Å². The Balaban J connectivity index is 2.21. The first-order chi connectivity index (χ1) is 6.84. The molecular weight excluding hydrogens is 181 g/mol. The largest absolute Gasteiger partial charge is 0.380 e. The highest BCUT2D eigenvalue weighted by Gasteiger charge is 1.99. The van der Waals surface area contributed by atoms with Crippen LogP contribution in [0.15, 0.2) is 24.3 Å². The third-order valence-corrected chi connectivity index (χ3v) is 1.97. The number of rotatable bonds is 6. The number of halogens is 1. The highest BCUT2D eigenvalue weighted by molar-refractivity contribution is 5.17. The van der Waals surface area contributed by atoms with Gasteiger partial charge < -0.3 is 10.1 Å². The molecule has 0 fully saturated rings. The Morgan fingerprint density at radius 1 is 1.29 bits per heavy atom. The van der Waals surface area contributed by atoms with Crippen molar-refractivity contribution in [3.8, 4) is 0 Å². The molecule has 1 rings (SSSR count). The van der Waals surface area contributed by atoms with E-state index in [2.05, 4.69) is 5.32 Å². The van der Waals surface area contributed by atoms with Crippen LogP contribution in [0, 0.1) is 5.82 Å². The van der Waals surface area contributed by atoms with Crippen LogP contribution in [0.25, 0.3) is 0 Å². The molecule has 0 atom stereocenters. The van der Waals surface area contributed by atoms with Crippen LogP contribution in [0.5, 0.6) is 0 Å². The Hall–Kier alpha value is -0.930. The molecule has 14 heavy (non-hydrogen) atoms. The van der Waals surface area contributed by atoms with Crippen LogP contribution in [-0.4, -0.2) is 26.8 Å². The van der Waals surface area contributed by atoms with Gasteiger partial charge in [0, 0.05) is 6.54 Å². The van der Waals surface area contributed by atoms with E-state index in [1.54, 1.807) is 12.1 Å². The van der Waals surface area contributed by atoms with Crippen LogP contribution in [0.1, 0.15) is 5.56 Å². The van der Waals surface area contributed by atoms with Gasteiger partial charge in [-0.05, 0) is 25.1 Å². The molecule has 0 unspecified atom stereocenters. The Morgan fingerprint density at radius 3 is 2.79 bits per heavy atom. The fourth-order valence-electron chi connectivity index (χ4n) is 1.16. The quantitative estimate of drug-likeness (QED) is 0.699. The molecule has 3 heteroatoms. The Morgan fingerprint density at radius 2 is 2.07 bits per heavy atom. The van der Waals surface area contributed by atoms with Crippen molar-refractivity contribution in [3.05, 3.63) is 35.6 Å². The maximum atomic E-state index is 13.1. The van der Waals surface area contributed by atoms with E-state index in [-0.39, 0.29) is 5.82 Å². The smallest absolute Gasteiger partial charge is 0.126 e. The van der Waals surface area contributed by atoms with Crippen LogP contribution in [0.3, 0.4) is 0 Å². The molecule has 0 saturated heterocycles. The summed E-state index contributed by atoms with van der Waals surface area (Å²) < 4.78 is 18.4. The summed E-state index contributed by atoms with van der Waals surface area (Å²) in [6.07, 6.45) is 0.635. The zero-order chi connectivity index (χ0) is 10.2. The minimum atomic E-state index is -0.148. The first-order valence-corrected chi connectivity index (χ1v) is 4.80. The van der Waals surface area contributed by atoms with Gasteiger partial charge in [-0.25, -0.2) is 4.39 Å². The minimum absolute atomic E-state index is 0.148. The second-order valence-corrected chi connectivity index (χ2v) is 3.06. The first-order valence-electron chi connectivity index (χ1n) is 4.80. The molecule has 0 amide bonds. The molecule has 0 heterocycles. The molecular formula is C11H16FNO. The Bertz CT molecular complexity index is 265. The monoisotopic (exact) mass is 197 g/mol. The topological polar surface area (TPSA) is 21.3 Å². The van der Waals surface area contributed by atoms with Gasteiger partial charge in [-0.1, -0.05) is 18.2 Å². The van der Waals surface area contributed by atoms with Crippen molar-refractivity contribution in [2.45, 2.75) is 6.42 Å². The molecule has 0 aliphatic carbocycles. The first kappa shape index (κ1) is 11.1. The third kappa shape index (κ3) is 3.85. The fraction of sp³-hybridized carbons (Fsp3) is 0.455. The number of ether oxygens (including phenoxy) is 1. The highest BCUT2D eigenvalue weighted by Crippen LogP contribution is 2.06. The standard InChI is InChI=1S/C11H16FNO/c1-13-7-9-14-8-6-10-4-2-3-5-11(10)12/h2-5,13H,6-9H2,1H3. The summed E-state index contributed by atoms with van der Waals surface area (Å²) in [5.41, 5.74) is 0.719. The number of hydrogen-bond acceptors (Lipinski definition) is 2. The summed E-state index contributed by atoms with van der Waals surface area (Å²) in [5.74, 6) is -0.148. The van der Waals surface area contributed by atoms with Gasteiger partial charge in [0.2, 0.25) is 0 Å². The molecule has 1 aromatic carbocycles. The van der Waals surface area contributed by atoms with Crippen LogP contribution in [0.2, 0.25) is 0 Å². The van der Waals surface area contributed by atoms with Crippen molar-refractivity contribution >= 4 is 0 Å². The molecule has 1 aromatic rings. The lowest BCUT2D eigenvalue weighted by molar-refractivity contribution is 0.140. The summed E-state index contributed by atoms with van der Waals surface area (Å²) in [6, 6.07) is 6.80. The van der Waals surface area contributed by atoms with Gasteiger partial charge in [-0.15, -0.1) is 0 Å². The fourth-order valence-corrected chi connectivity index (χ4v) is 1.16. The van der Waals surface area contributed by atoms with Crippen molar-refractivity contribution in [1.82, 2.24) is 5.32 Å². The number of nitrogens with one attached hydrogen (secondary N) is 1. The Kier molecular flexibility index (Phi) is 5.19. The molecule has 78 valence electrons. The Labute approximate surface area is 84.1 Å². The van der Waals surface area contributed by atoms with E-state index in [0.717, 1.165) is 12.1 Å². The zero-order valence-corrected chi connectivity index (χ0v) is 8.42. The van der Waals surface area contributed by atoms with Crippen LogP contribution in [0.4, 0.5) is 4.39 Å². The molecule has 0 aliphatic rings. The highest BCUT2D eigenvalue weighted by atomic mass is 19.1. The second-order valence-electron chi connectivity index (χ2n) is 3.06. The van der Waals surface area contributed by atoms with Crippen molar-refractivity contribution in [3.63, 3.8) is 0 Å². The van der Waals surface area contributed by atoms with Gasteiger partial charge in [0.1, 0.15) is 5.82 Å². The normalized spacial score (nSPS) is 10.4. The molecule has 1 N–H and O–H groups in total. The molecule has 0 saturated carbocycles. The van der Waals surface area contributed by atoms with E-state index in [1.807, 2.05) is 13.1 Å². The SMILES string of the molecule is CNCCOCCc1ccccc1F. The van der Waals surface area contributed by atoms with Crippen molar-refractivity contribution < 1.29 is 9.13 Å². The summed E-state index contributed by atoms with van der Waals surface area (Å²) in [7, 11) is 1.88. The van der Waals surface area contributed by atoms with Crippen LogP contribution in [-0.2, 0) is 11.2 Å². The number of benzene rings is 1. The van der Waals surface area contributed by atoms with E-state index in [9.17, 15) is 4.39 Å². The maximum absolute atomic E-state index is 13.1. The average Bonchev–Trinajstić information content (AvgIpc) is 2.20. The molecule has 0 bridgehead atoms. The summed E-state index contributed by atoms with van der Waals surface area (Å²) in [6.45, 7) is 2.07. The van der Waals surface area contributed by atoms with Gasteiger partial charge in [0.05, 0.1) is 13.2 Å². The van der Waals surface area contributed by atoms with Gasteiger partial charge in [-0.2, -0.15) is 0 Å². The van der Waals surface area contributed by atoms with Gasteiger partial charge in [0.15, 0.2) is 0 Å². The van der Waals surface area contributed by atoms with Crippen LogP contribution < -0.4 is 5.32 Å². The lowest BCUT2D eigenvalue weighted by Crippen LogP contribution is -2.15. The predicted molar refractivity (Wildman–Crippen MR) is 54.8 cm³/mol. The third-order valence-electron chi connectivity index (χ3n) is 1.97. The van der Waals surface area contributed by atoms with Crippen molar-refractivity contribution in [2.24, 2.45) is 0 Å².